The summed E-state index contributed by atoms with van der Waals surface area (Å²) in [5.41, 5.74) is 7.53. The van der Waals surface area contributed by atoms with Crippen LogP contribution in [0.2, 0.25) is 0 Å². The van der Waals surface area contributed by atoms with Gasteiger partial charge in [0.1, 0.15) is 0 Å². The summed E-state index contributed by atoms with van der Waals surface area (Å²) < 4.78 is 1.66. The SMILES string of the molecule is CCN(CCn1cc(N)ccc1=O)Cc1ccncc1. The van der Waals surface area contributed by atoms with E-state index in [1.807, 2.05) is 12.1 Å². The Bertz CT molecular complexity index is 594. The molecular weight excluding hydrogens is 252 g/mol. The van der Waals surface area contributed by atoms with E-state index in [1.165, 1.54) is 11.6 Å². The van der Waals surface area contributed by atoms with E-state index >= 15 is 0 Å². The molecule has 5 nitrogen and oxygen atoms in total. The molecule has 2 heterocycles. The summed E-state index contributed by atoms with van der Waals surface area (Å²) in [5, 5.41) is 0. The maximum Gasteiger partial charge on any atom is 0.250 e. The molecule has 0 saturated heterocycles. The van der Waals surface area contributed by atoms with Gasteiger partial charge in [-0.1, -0.05) is 6.92 Å². The van der Waals surface area contributed by atoms with E-state index < -0.39 is 0 Å². The van der Waals surface area contributed by atoms with Gasteiger partial charge in [-0.05, 0) is 30.3 Å². The van der Waals surface area contributed by atoms with Gasteiger partial charge in [0.15, 0.2) is 0 Å². The number of anilines is 1. The van der Waals surface area contributed by atoms with Gasteiger partial charge in [-0.2, -0.15) is 0 Å². The van der Waals surface area contributed by atoms with Crippen LogP contribution >= 0.6 is 0 Å². The normalized spacial score (nSPS) is 10.9. The lowest BCUT2D eigenvalue weighted by Gasteiger charge is -2.21. The summed E-state index contributed by atoms with van der Waals surface area (Å²) in [5.74, 6) is 0. The van der Waals surface area contributed by atoms with E-state index in [9.17, 15) is 4.79 Å². The minimum absolute atomic E-state index is 0.0147. The first kappa shape index (κ1) is 14.3. The molecule has 0 aromatic carbocycles. The zero-order valence-electron chi connectivity index (χ0n) is 11.7. The first-order chi connectivity index (χ1) is 9.69. The van der Waals surface area contributed by atoms with Crippen LogP contribution in [0, 0.1) is 0 Å². The second-order valence-corrected chi connectivity index (χ2v) is 4.72. The van der Waals surface area contributed by atoms with Crippen molar-refractivity contribution in [3.8, 4) is 0 Å². The molecule has 0 radical (unpaired) electrons. The number of nitrogens with two attached hydrogens (primary N) is 1. The van der Waals surface area contributed by atoms with Crippen molar-refractivity contribution in [2.75, 3.05) is 18.8 Å². The predicted octanol–water partition coefficient (Wildman–Crippen LogP) is 1.35. The van der Waals surface area contributed by atoms with Crippen LogP contribution in [-0.2, 0) is 13.1 Å². The van der Waals surface area contributed by atoms with Crippen molar-refractivity contribution in [1.29, 1.82) is 0 Å². The predicted molar refractivity (Wildman–Crippen MR) is 80.3 cm³/mol. The zero-order chi connectivity index (χ0) is 14.4. The maximum atomic E-state index is 11.7. The van der Waals surface area contributed by atoms with E-state index in [0.717, 1.165) is 19.6 Å². The van der Waals surface area contributed by atoms with Gasteiger partial charge in [-0.15, -0.1) is 0 Å². The fourth-order valence-corrected chi connectivity index (χ4v) is 2.07. The molecule has 2 aromatic heterocycles. The van der Waals surface area contributed by atoms with E-state index in [4.69, 9.17) is 5.73 Å². The van der Waals surface area contributed by atoms with Crippen LogP contribution < -0.4 is 11.3 Å². The Kier molecular flexibility index (Phi) is 4.90. The fraction of sp³-hybridized carbons (Fsp3) is 0.333. The smallest absolute Gasteiger partial charge is 0.250 e. The second-order valence-electron chi connectivity index (χ2n) is 4.72. The molecule has 0 bridgehead atoms. The number of aromatic nitrogens is 2. The number of nitrogen functional groups attached to an aromatic ring is 1. The molecule has 2 N–H and O–H groups in total. The van der Waals surface area contributed by atoms with Crippen molar-refractivity contribution in [3.63, 3.8) is 0 Å². The molecule has 5 heteroatoms. The molecule has 106 valence electrons. The Morgan fingerprint density at radius 1 is 1.25 bits per heavy atom. The molecule has 0 atom stereocenters. The van der Waals surface area contributed by atoms with Crippen molar-refractivity contribution in [2.45, 2.75) is 20.0 Å². The highest BCUT2D eigenvalue weighted by atomic mass is 16.1. The van der Waals surface area contributed by atoms with Gasteiger partial charge in [0.05, 0.1) is 0 Å². The van der Waals surface area contributed by atoms with E-state index in [1.54, 1.807) is 29.2 Å². The van der Waals surface area contributed by atoms with Gasteiger partial charge < -0.3 is 10.3 Å². The van der Waals surface area contributed by atoms with E-state index in [-0.39, 0.29) is 5.56 Å². The molecule has 2 rings (SSSR count). The highest BCUT2D eigenvalue weighted by molar-refractivity contribution is 5.33. The van der Waals surface area contributed by atoms with Gasteiger partial charge in [0, 0.05) is 50.0 Å². The number of hydrogen-bond donors (Lipinski definition) is 1. The molecule has 0 unspecified atom stereocenters. The summed E-state index contributed by atoms with van der Waals surface area (Å²) in [6.45, 7) is 5.35. The Morgan fingerprint density at radius 3 is 2.70 bits per heavy atom. The van der Waals surface area contributed by atoms with Crippen LogP contribution in [0.4, 0.5) is 5.69 Å². The molecule has 0 amide bonds. The lowest BCUT2D eigenvalue weighted by atomic mass is 10.2. The molecule has 0 fully saturated rings. The Labute approximate surface area is 118 Å². The highest BCUT2D eigenvalue weighted by Gasteiger charge is 2.05. The maximum absolute atomic E-state index is 11.7. The largest absolute Gasteiger partial charge is 0.398 e. The summed E-state index contributed by atoms with van der Waals surface area (Å²) in [4.78, 5) is 18.0. The van der Waals surface area contributed by atoms with E-state index in [0.29, 0.717) is 12.2 Å². The van der Waals surface area contributed by atoms with Crippen molar-refractivity contribution in [2.24, 2.45) is 0 Å². The minimum atomic E-state index is -0.0147. The molecule has 20 heavy (non-hydrogen) atoms. The number of rotatable bonds is 6. The molecular formula is C15H20N4O. The van der Waals surface area contributed by atoms with Crippen LogP contribution in [-0.4, -0.2) is 27.5 Å². The van der Waals surface area contributed by atoms with Gasteiger partial charge in [-0.25, -0.2) is 0 Å². The Morgan fingerprint density at radius 2 is 2.00 bits per heavy atom. The number of pyridine rings is 2. The van der Waals surface area contributed by atoms with Gasteiger partial charge in [0.2, 0.25) is 0 Å². The van der Waals surface area contributed by atoms with Gasteiger partial charge in [-0.3, -0.25) is 14.7 Å². The quantitative estimate of drug-likeness (QED) is 0.862. The number of hydrogen-bond acceptors (Lipinski definition) is 4. The zero-order valence-corrected chi connectivity index (χ0v) is 11.7. The molecule has 2 aromatic rings. The Balaban J connectivity index is 1.97. The van der Waals surface area contributed by atoms with Crippen LogP contribution in [0.5, 0.6) is 0 Å². The molecule has 0 spiro atoms. The summed E-state index contributed by atoms with van der Waals surface area (Å²) in [6, 6.07) is 7.16. The molecule has 0 aliphatic rings. The van der Waals surface area contributed by atoms with Crippen molar-refractivity contribution < 1.29 is 0 Å². The first-order valence-corrected chi connectivity index (χ1v) is 6.76. The van der Waals surface area contributed by atoms with Crippen LogP contribution in [0.25, 0.3) is 0 Å². The first-order valence-electron chi connectivity index (χ1n) is 6.76. The van der Waals surface area contributed by atoms with Crippen molar-refractivity contribution in [3.05, 3.63) is 58.8 Å². The van der Waals surface area contributed by atoms with Crippen LogP contribution in [0.3, 0.4) is 0 Å². The third-order valence-electron chi connectivity index (χ3n) is 3.27. The number of nitrogens with zero attached hydrogens (tertiary/aromatic N) is 3. The van der Waals surface area contributed by atoms with Crippen molar-refractivity contribution >= 4 is 5.69 Å². The van der Waals surface area contributed by atoms with Gasteiger partial charge in [0.25, 0.3) is 5.56 Å². The standard InChI is InChI=1S/C15H20N4O/c1-2-18(11-13-5-7-17-8-6-13)9-10-19-12-14(16)3-4-15(19)20/h3-8,12H,2,9-11,16H2,1H3. The third-order valence-corrected chi connectivity index (χ3v) is 3.27. The lowest BCUT2D eigenvalue weighted by Crippen LogP contribution is -2.30. The summed E-state index contributed by atoms with van der Waals surface area (Å²) in [7, 11) is 0. The number of likely N-dealkylation sites (N-methyl/N-ethyl adjacent to an activating group) is 1. The summed E-state index contributed by atoms with van der Waals surface area (Å²) in [6.07, 6.45) is 5.29. The van der Waals surface area contributed by atoms with Crippen LogP contribution in [0.1, 0.15) is 12.5 Å². The molecule has 0 aliphatic carbocycles. The molecule has 0 saturated carbocycles. The van der Waals surface area contributed by atoms with Gasteiger partial charge >= 0.3 is 0 Å². The minimum Gasteiger partial charge on any atom is -0.398 e. The van der Waals surface area contributed by atoms with Crippen molar-refractivity contribution in [1.82, 2.24) is 14.5 Å². The lowest BCUT2D eigenvalue weighted by molar-refractivity contribution is 0.267. The average molecular weight is 272 g/mol. The third kappa shape index (κ3) is 3.93. The average Bonchev–Trinajstić information content (AvgIpc) is 2.47. The monoisotopic (exact) mass is 272 g/mol. The summed E-state index contributed by atoms with van der Waals surface area (Å²) >= 11 is 0. The fourth-order valence-electron chi connectivity index (χ4n) is 2.07. The van der Waals surface area contributed by atoms with E-state index in [2.05, 4.69) is 16.8 Å². The topological polar surface area (TPSA) is 64.2 Å². The highest BCUT2D eigenvalue weighted by Crippen LogP contribution is 2.03. The Hall–Kier alpha value is -2.14. The second kappa shape index (κ2) is 6.86. The molecule has 0 aliphatic heterocycles. The van der Waals surface area contributed by atoms with Crippen LogP contribution in [0.15, 0.2) is 47.7 Å².